The predicted molar refractivity (Wildman–Crippen MR) is 99.4 cm³/mol. The predicted octanol–water partition coefficient (Wildman–Crippen LogP) is 3.65. The Morgan fingerprint density at radius 3 is 2.69 bits per heavy atom. The molecule has 0 spiro atoms. The van der Waals surface area contributed by atoms with E-state index in [0.717, 1.165) is 5.56 Å². The Bertz CT molecular complexity index is 825. The first-order chi connectivity index (χ1) is 12.7. The van der Waals surface area contributed by atoms with Crippen molar-refractivity contribution < 1.29 is 19.0 Å². The zero-order valence-corrected chi connectivity index (χ0v) is 14.7. The number of hydrogen-bond donors (Lipinski definition) is 1. The minimum atomic E-state index is -0.277. The zero-order chi connectivity index (χ0) is 18.8. The number of hydrogen-bond acceptors (Lipinski definition) is 5. The molecule has 2 aromatic carbocycles. The molecule has 2 aromatic rings. The van der Waals surface area contributed by atoms with Crippen LogP contribution in [0.4, 0.5) is 5.69 Å². The standard InChI is InChI=1S/C20H20N2O4/c1-3-25-17-7-5-4-6-16(17)22-20(23)11-9-15-8-10-18(26-13-12-21)19(14-15)24-2/h4-11,14H,3,13H2,1-2H3,(H,22,23)/b11-9+. The van der Waals surface area contributed by atoms with Crippen LogP contribution in [0.5, 0.6) is 17.2 Å². The van der Waals surface area contributed by atoms with E-state index in [1.165, 1.54) is 13.2 Å². The molecule has 0 aromatic heterocycles. The number of para-hydroxylation sites is 2. The van der Waals surface area contributed by atoms with Gasteiger partial charge in [0.15, 0.2) is 18.1 Å². The van der Waals surface area contributed by atoms with Crippen LogP contribution in [0.25, 0.3) is 6.08 Å². The van der Waals surface area contributed by atoms with E-state index in [2.05, 4.69) is 5.32 Å². The van der Waals surface area contributed by atoms with E-state index in [-0.39, 0.29) is 12.5 Å². The molecule has 1 amide bonds. The number of nitrogens with zero attached hydrogens (tertiary/aromatic N) is 1. The summed E-state index contributed by atoms with van der Waals surface area (Å²) in [5, 5.41) is 11.4. The lowest BCUT2D eigenvalue weighted by molar-refractivity contribution is -0.111. The van der Waals surface area contributed by atoms with Crippen LogP contribution in [-0.4, -0.2) is 26.2 Å². The highest BCUT2D eigenvalue weighted by molar-refractivity contribution is 6.02. The molecule has 0 saturated heterocycles. The van der Waals surface area contributed by atoms with Crippen LogP contribution in [0.15, 0.2) is 48.5 Å². The maximum atomic E-state index is 12.2. The minimum absolute atomic E-state index is 0.0623. The average Bonchev–Trinajstić information content (AvgIpc) is 2.66. The first-order valence-electron chi connectivity index (χ1n) is 8.06. The van der Waals surface area contributed by atoms with Gasteiger partial charge >= 0.3 is 0 Å². The molecule has 0 bridgehead atoms. The Hall–Kier alpha value is -3.46. The Morgan fingerprint density at radius 2 is 1.96 bits per heavy atom. The third kappa shape index (κ3) is 5.28. The number of anilines is 1. The number of nitrogens with one attached hydrogen (secondary N) is 1. The first kappa shape index (κ1) is 18.9. The molecule has 2 rings (SSSR count). The molecule has 6 heteroatoms. The van der Waals surface area contributed by atoms with Gasteiger partial charge in [-0.25, -0.2) is 0 Å². The van der Waals surface area contributed by atoms with Crippen LogP contribution in [-0.2, 0) is 4.79 Å². The van der Waals surface area contributed by atoms with Gasteiger partial charge in [-0.05, 0) is 42.8 Å². The van der Waals surface area contributed by atoms with Gasteiger partial charge in [-0.2, -0.15) is 5.26 Å². The number of amides is 1. The second-order valence-electron chi connectivity index (χ2n) is 5.11. The minimum Gasteiger partial charge on any atom is -0.493 e. The maximum absolute atomic E-state index is 12.2. The maximum Gasteiger partial charge on any atom is 0.248 e. The number of carbonyl (C=O) groups excluding carboxylic acids is 1. The molecule has 0 aliphatic heterocycles. The Labute approximate surface area is 152 Å². The summed E-state index contributed by atoms with van der Waals surface area (Å²) in [7, 11) is 1.51. The molecule has 0 saturated carbocycles. The van der Waals surface area contributed by atoms with Gasteiger partial charge in [0.1, 0.15) is 11.8 Å². The van der Waals surface area contributed by atoms with Crippen molar-refractivity contribution in [2.45, 2.75) is 6.92 Å². The van der Waals surface area contributed by atoms with Gasteiger partial charge in [0.25, 0.3) is 0 Å². The summed E-state index contributed by atoms with van der Waals surface area (Å²) >= 11 is 0. The van der Waals surface area contributed by atoms with Crippen molar-refractivity contribution >= 4 is 17.7 Å². The highest BCUT2D eigenvalue weighted by Crippen LogP contribution is 2.28. The molecular formula is C20H20N2O4. The lowest BCUT2D eigenvalue weighted by atomic mass is 10.2. The average molecular weight is 352 g/mol. The van der Waals surface area contributed by atoms with Crippen molar-refractivity contribution in [2.75, 3.05) is 25.6 Å². The molecule has 26 heavy (non-hydrogen) atoms. The van der Waals surface area contributed by atoms with Gasteiger partial charge in [0.2, 0.25) is 5.91 Å². The number of benzene rings is 2. The topological polar surface area (TPSA) is 80.6 Å². The van der Waals surface area contributed by atoms with Crippen LogP contribution in [0.3, 0.4) is 0 Å². The van der Waals surface area contributed by atoms with Gasteiger partial charge in [0.05, 0.1) is 19.4 Å². The van der Waals surface area contributed by atoms with Gasteiger partial charge in [-0.15, -0.1) is 0 Å². The van der Waals surface area contributed by atoms with Crippen LogP contribution in [0, 0.1) is 11.3 Å². The quantitative estimate of drug-likeness (QED) is 0.734. The lowest BCUT2D eigenvalue weighted by Crippen LogP contribution is -2.09. The van der Waals surface area contributed by atoms with E-state index >= 15 is 0 Å². The molecule has 134 valence electrons. The third-order valence-electron chi connectivity index (χ3n) is 3.35. The fourth-order valence-corrected chi connectivity index (χ4v) is 2.21. The van der Waals surface area contributed by atoms with Gasteiger partial charge in [-0.3, -0.25) is 4.79 Å². The van der Waals surface area contributed by atoms with E-state index < -0.39 is 0 Å². The fraction of sp³-hybridized carbons (Fsp3) is 0.200. The number of ether oxygens (including phenoxy) is 3. The van der Waals surface area contributed by atoms with Crippen LogP contribution in [0.1, 0.15) is 12.5 Å². The highest BCUT2D eigenvalue weighted by atomic mass is 16.5. The molecule has 0 atom stereocenters. The fourth-order valence-electron chi connectivity index (χ4n) is 2.21. The van der Waals surface area contributed by atoms with Crippen molar-refractivity contribution in [2.24, 2.45) is 0 Å². The largest absolute Gasteiger partial charge is 0.493 e. The van der Waals surface area contributed by atoms with Crippen molar-refractivity contribution in [3.8, 4) is 23.3 Å². The summed E-state index contributed by atoms with van der Waals surface area (Å²) in [6.07, 6.45) is 3.09. The summed E-state index contributed by atoms with van der Waals surface area (Å²) in [5.74, 6) is 1.31. The number of nitriles is 1. The lowest BCUT2D eigenvalue weighted by Gasteiger charge is -2.10. The first-order valence-corrected chi connectivity index (χ1v) is 8.06. The van der Waals surface area contributed by atoms with Crippen LogP contribution < -0.4 is 19.5 Å². The Morgan fingerprint density at radius 1 is 1.15 bits per heavy atom. The van der Waals surface area contributed by atoms with E-state index in [9.17, 15) is 4.79 Å². The number of methoxy groups -OCH3 is 1. The monoisotopic (exact) mass is 352 g/mol. The summed E-state index contributed by atoms with van der Waals surface area (Å²) < 4.78 is 16.0. The van der Waals surface area contributed by atoms with Crippen molar-refractivity contribution in [3.05, 3.63) is 54.1 Å². The van der Waals surface area contributed by atoms with Crippen molar-refractivity contribution in [3.63, 3.8) is 0 Å². The van der Waals surface area contributed by atoms with Crippen LogP contribution >= 0.6 is 0 Å². The van der Waals surface area contributed by atoms with E-state index in [4.69, 9.17) is 19.5 Å². The van der Waals surface area contributed by atoms with Crippen molar-refractivity contribution in [1.82, 2.24) is 0 Å². The summed E-state index contributed by atoms with van der Waals surface area (Å²) in [4.78, 5) is 12.2. The zero-order valence-electron chi connectivity index (χ0n) is 14.7. The molecule has 0 fully saturated rings. The smallest absolute Gasteiger partial charge is 0.248 e. The molecule has 0 unspecified atom stereocenters. The second kappa shape index (κ2) is 9.74. The van der Waals surface area contributed by atoms with Crippen LogP contribution in [0.2, 0.25) is 0 Å². The van der Waals surface area contributed by atoms with E-state index in [1.54, 1.807) is 36.4 Å². The Kier molecular flexibility index (Phi) is 7.07. The Balaban J connectivity index is 2.07. The molecule has 1 N–H and O–H groups in total. The molecule has 6 nitrogen and oxygen atoms in total. The second-order valence-corrected chi connectivity index (χ2v) is 5.11. The van der Waals surface area contributed by atoms with Gasteiger partial charge in [0, 0.05) is 6.08 Å². The van der Waals surface area contributed by atoms with Crippen molar-refractivity contribution in [1.29, 1.82) is 5.26 Å². The molecule has 0 radical (unpaired) electrons. The summed E-state index contributed by atoms with van der Waals surface area (Å²) in [6.45, 7) is 2.34. The van der Waals surface area contributed by atoms with Gasteiger partial charge in [-0.1, -0.05) is 18.2 Å². The molecular weight excluding hydrogens is 332 g/mol. The SMILES string of the molecule is CCOc1ccccc1NC(=O)/C=C/c1ccc(OCC#N)c(OC)c1. The molecule has 0 heterocycles. The highest BCUT2D eigenvalue weighted by Gasteiger charge is 2.06. The van der Waals surface area contributed by atoms with Gasteiger partial charge < -0.3 is 19.5 Å². The van der Waals surface area contributed by atoms with E-state index in [0.29, 0.717) is 29.5 Å². The summed E-state index contributed by atoms with van der Waals surface area (Å²) in [6, 6.07) is 14.3. The summed E-state index contributed by atoms with van der Waals surface area (Å²) in [5.41, 5.74) is 1.38. The molecule has 0 aliphatic rings. The molecule has 0 aliphatic carbocycles. The number of carbonyl (C=O) groups is 1. The third-order valence-corrected chi connectivity index (χ3v) is 3.35. The van der Waals surface area contributed by atoms with E-state index in [1.807, 2.05) is 25.1 Å². The normalized spacial score (nSPS) is 10.2. The number of rotatable bonds is 8.